The van der Waals surface area contributed by atoms with Gasteiger partial charge < -0.3 is 9.15 Å². The van der Waals surface area contributed by atoms with Gasteiger partial charge in [0.05, 0.1) is 5.56 Å². The molecule has 3 heterocycles. The molecule has 1 aliphatic rings. The summed E-state index contributed by atoms with van der Waals surface area (Å²) in [5.41, 5.74) is 6.53. The van der Waals surface area contributed by atoms with Crippen LogP contribution in [0.4, 0.5) is 0 Å². The molecular formula is C28H20NO2+. The van der Waals surface area contributed by atoms with Crippen LogP contribution in [0.3, 0.4) is 0 Å². The van der Waals surface area contributed by atoms with E-state index in [4.69, 9.17) is 9.15 Å². The zero-order valence-electron chi connectivity index (χ0n) is 17.6. The van der Waals surface area contributed by atoms with Crippen molar-refractivity contribution in [3.63, 3.8) is 0 Å². The number of nitrogens with zero attached hydrogens (tertiary/aromatic N) is 1. The Kier molecular flexibility index (Phi) is 3.07. The smallest absolute Gasteiger partial charge is 0.228 e. The lowest BCUT2D eigenvalue weighted by molar-refractivity contribution is -0.659. The highest BCUT2D eigenvalue weighted by molar-refractivity contribution is 6.19. The Balaban J connectivity index is 1.75. The van der Waals surface area contributed by atoms with Gasteiger partial charge in [0.2, 0.25) is 5.69 Å². The molecule has 0 spiro atoms. The van der Waals surface area contributed by atoms with Crippen molar-refractivity contribution in [3.8, 4) is 22.8 Å². The number of hydrogen-bond acceptors (Lipinski definition) is 2. The molecule has 3 heteroatoms. The molecule has 3 nitrogen and oxygen atoms in total. The van der Waals surface area contributed by atoms with Crippen LogP contribution in [0.2, 0.25) is 0 Å². The highest BCUT2D eigenvalue weighted by Crippen LogP contribution is 2.53. The molecule has 6 aromatic rings. The van der Waals surface area contributed by atoms with E-state index in [1.54, 1.807) is 0 Å². The van der Waals surface area contributed by atoms with Crippen LogP contribution in [0.25, 0.3) is 54.7 Å². The van der Waals surface area contributed by atoms with Gasteiger partial charge in [0.1, 0.15) is 23.8 Å². The van der Waals surface area contributed by atoms with Crippen molar-refractivity contribution in [2.75, 3.05) is 0 Å². The predicted octanol–water partition coefficient (Wildman–Crippen LogP) is 7.11. The first-order valence-corrected chi connectivity index (χ1v) is 10.6. The molecule has 0 aliphatic carbocycles. The number of aromatic nitrogens is 1. The second kappa shape index (κ2) is 5.64. The van der Waals surface area contributed by atoms with Crippen LogP contribution in [-0.2, 0) is 7.05 Å². The summed E-state index contributed by atoms with van der Waals surface area (Å²) in [6.45, 7) is 4.39. The number of para-hydroxylation sites is 1. The van der Waals surface area contributed by atoms with Gasteiger partial charge in [0.15, 0.2) is 17.5 Å². The molecule has 2 aromatic heterocycles. The van der Waals surface area contributed by atoms with E-state index < -0.39 is 0 Å². The van der Waals surface area contributed by atoms with E-state index in [9.17, 15) is 0 Å². The summed E-state index contributed by atoms with van der Waals surface area (Å²) in [4.78, 5) is 0. The molecule has 148 valence electrons. The molecule has 7 rings (SSSR count). The van der Waals surface area contributed by atoms with Crippen LogP contribution < -0.4 is 9.30 Å². The minimum Gasteiger partial charge on any atom is -0.452 e. The lowest BCUT2D eigenvalue weighted by Gasteiger charge is -2.22. The zero-order valence-corrected chi connectivity index (χ0v) is 17.6. The Labute approximate surface area is 179 Å². The second-order valence-electron chi connectivity index (χ2n) is 8.52. The SMILES string of the molecule is Cc1c2c(cc3ccccc13)Oc1c3oc4ccccc4c3c(C)c3cc[n+](C)c-2c13. The van der Waals surface area contributed by atoms with Crippen LogP contribution in [0.1, 0.15) is 11.1 Å². The average Bonchev–Trinajstić information content (AvgIpc) is 3.18. The third-order valence-corrected chi connectivity index (χ3v) is 6.85. The number of benzene rings is 4. The quantitative estimate of drug-likeness (QED) is 0.253. The highest BCUT2D eigenvalue weighted by atomic mass is 16.5. The number of ether oxygens (including phenoxy) is 1. The van der Waals surface area contributed by atoms with Gasteiger partial charge in [-0.1, -0.05) is 42.5 Å². The van der Waals surface area contributed by atoms with Crippen molar-refractivity contribution < 1.29 is 13.7 Å². The van der Waals surface area contributed by atoms with Crippen molar-refractivity contribution in [1.82, 2.24) is 0 Å². The van der Waals surface area contributed by atoms with E-state index in [0.717, 1.165) is 44.4 Å². The number of hydrogen-bond donors (Lipinski definition) is 0. The summed E-state index contributed by atoms with van der Waals surface area (Å²) >= 11 is 0. The summed E-state index contributed by atoms with van der Waals surface area (Å²) in [6.07, 6.45) is 2.16. The number of fused-ring (bicyclic) bond motifs is 7. The molecule has 0 bridgehead atoms. The van der Waals surface area contributed by atoms with Crippen LogP contribution >= 0.6 is 0 Å². The van der Waals surface area contributed by atoms with E-state index in [0.29, 0.717) is 0 Å². The van der Waals surface area contributed by atoms with E-state index in [2.05, 4.69) is 80.2 Å². The third kappa shape index (κ3) is 2.01. The monoisotopic (exact) mass is 402 g/mol. The van der Waals surface area contributed by atoms with E-state index >= 15 is 0 Å². The molecule has 4 aromatic carbocycles. The first-order valence-electron chi connectivity index (χ1n) is 10.6. The Bertz CT molecular complexity index is 1740. The highest BCUT2D eigenvalue weighted by Gasteiger charge is 2.33. The molecule has 0 radical (unpaired) electrons. The maximum Gasteiger partial charge on any atom is 0.228 e. The summed E-state index contributed by atoms with van der Waals surface area (Å²) in [5.74, 6) is 1.71. The molecule has 0 N–H and O–H groups in total. The molecule has 0 atom stereocenters. The summed E-state index contributed by atoms with van der Waals surface area (Å²) < 4.78 is 15.3. The van der Waals surface area contributed by atoms with Gasteiger partial charge in [-0.2, -0.15) is 0 Å². The molecular weight excluding hydrogens is 382 g/mol. The van der Waals surface area contributed by atoms with Crippen molar-refractivity contribution in [2.24, 2.45) is 7.05 Å². The second-order valence-corrected chi connectivity index (χ2v) is 8.52. The van der Waals surface area contributed by atoms with Crippen LogP contribution in [-0.4, -0.2) is 0 Å². The van der Waals surface area contributed by atoms with Gasteiger partial charge in [-0.3, -0.25) is 0 Å². The maximum absolute atomic E-state index is 6.68. The van der Waals surface area contributed by atoms with Gasteiger partial charge in [0.25, 0.3) is 0 Å². The van der Waals surface area contributed by atoms with Gasteiger partial charge in [-0.25, -0.2) is 4.57 Å². The standard InChI is InChI=1S/C28H20NO2/c1-15-18-9-5-4-8-17(18)14-22-24(15)26-25-19(12-13-29(26)3)16(2)23-20-10-6-7-11-21(20)30-27(23)28(25)31-22/h4-14H,1-3H3/q+1. The largest absolute Gasteiger partial charge is 0.452 e. The Morgan fingerprint density at radius 3 is 2.42 bits per heavy atom. The van der Waals surface area contributed by atoms with Gasteiger partial charge in [-0.05, 0) is 47.9 Å². The van der Waals surface area contributed by atoms with Crippen molar-refractivity contribution in [1.29, 1.82) is 0 Å². The summed E-state index contributed by atoms with van der Waals surface area (Å²) in [5, 5.41) is 7.04. The minimum atomic E-state index is 0.820. The molecule has 0 saturated carbocycles. The minimum absolute atomic E-state index is 0.820. The number of pyridine rings is 1. The number of aryl methyl sites for hydroxylation is 3. The fourth-order valence-corrected chi connectivity index (χ4v) is 5.40. The molecule has 0 unspecified atom stereocenters. The number of furan rings is 1. The van der Waals surface area contributed by atoms with Gasteiger partial charge in [0, 0.05) is 22.2 Å². The lowest BCUT2D eigenvalue weighted by atomic mass is 9.90. The molecule has 0 fully saturated rings. The molecule has 0 saturated heterocycles. The zero-order chi connectivity index (χ0) is 20.9. The van der Waals surface area contributed by atoms with E-state index in [1.165, 1.54) is 33.0 Å². The predicted molar refractivity (Wildman–Crippen MR) is 125 cm³/mol. The molecule has 31 heavy (non-hydrogen) atoms. The lowest BCUT2D eigenvalue weighted by Crippen LogP contribution is -2.32. The fourth-order valence-electron chi connectivity index (χ4n) is 5.40. The molecule has 1 aliphatic heterocycles. The number of rotatable bonds is 0. The normalized spacial score (nSPS) is 12.6. The molecule has 0 amide bonds. The first-order chi connectivity index (χ1) is 15.1. The van der Waals surface area contributed by atoms with Crippen molar-refractivity contribution in [3.05, 3.63) is 78.0 Å². The van der Waals surface area contributed by atoms with E-state index in [-0.39, 0.29) is 0 Å². The fraction of sp³-hybridized carbons (Fsp3) is 0.107. The van der Waals surface area contributed by atoms with Gasteiger partial charge >= 0.3 is 0 Å². The Morgan fingerprint density at radius 2 is 1.55 bits per heavy atom. The summed E-state index contributed by atoms with van der Waals surface area (Å²) in [7, 11) is 2.11. The van der Waals surface area contributed by atoms with Crippen molar-refractivity contribution in [2.45, 2.75) is 13.8 Å². The van der Waals surface area contributed by atoms with Gasteiger partial charge in [-0.15, -0.1) is 0 Å². The first kappa shape index (κ1) is 16.9. The Hall–Kier alpha value is -3.85. The topological polar surface area (TPSA) is 26.2 Å². The van der Waals surface area contributed by atoms with E-state index in [1.807, 2.05) is 12.1 Å². The van der Waals surface area contributed by atoms with Crippen LogP contribution in [0, 0.1) is 13.8 Å². The third-order valence-electron chi connectivity index (χ3n) is 6.85. The van der Waals surface area contributed by atoms with Crippen LogP contribution in [0.5, 0.6) is 11.5 Å². The average molecular weight is 402 g/mol. The Morgan fingerprint density at radius 1 is 0.774 bits per heavy atom. The summed E-state index contributed by atoms with van der Waals surface area (Å²) in [6, 6.07) is 21.1. The maximum atomic E-state index is 6.68. The van der Waals surface area contributed by atoms with Crippen LogP contribution in [0.15, 0.2) is 71.3 Å². The van der Waals surface area contributed by atoms with Crippen molar-refractivity contribution >= 4 is 43.5 Å².